The zero-order valence-corrected chi connectivity index (χ0v) is 9.47. The number of benzene rings is 1. The fourth-order valence-electron chi connectivity index (χ4n) is 1.39. The van der Waals surface area contributed by atoms with Gasteiger partial charge in [-0.3, -0.25) is 4.79 Å². The van der Waals surface area contributed by atoms with E-state index in [9.17, 15) is 4.79 Å². The zero-order chi connectivity index (χ0) is 12.1. The van der Waals surface area contributed by atoms with Crippen LogP contribution in [0.2, 0.25) is 0 Å². The van der Waals surface area contributed by atoms with Crippen molar-refractivity contribution in [3.05, 3.63) is 29.3 Å². The van der Waals surface area contributed by atoms with Crippen LogP contribution in [-0.2, 0) is 4.79 Å². The van der Waals surface area contributed by atoms with Crippen LogP contribution >= 0.6 is 0 Å². The van der Waals surface area contributed by atoms with Crippen molar-refractivity contribution in [1.82, 2.24) is 0 Å². The summed E-state index contributed by atoms with van der Waals surface area (Å²) in [4.78, 5) is 15.5. The van der Waals surface area contributed by atoms with Crippen LogP contribution in [0.25, 0.3) is 5.53 Å². The third kappa shape index (κ3) is 2.46. The molecule has 0 atom stereocenters. The molecule has 1 aromatic carbocycles. The lowest BCUT2D eigenvalue weighted by atomic mass is 10.1. The van der Waals surface area contributed by atoms with Gasteiger partial charge in [-0.2, -0.15) is 4.79 Å². The maximum atomic E-state index is 11.4. The highest BCUT2D eigenvalue weighted by Crippen LogP contribution is 2.23. The molecule has 1 amide bonds. The van der Waals surface area contributed by atoms with Gasteiger partial charge in [0.1, 0.15) is 5.75 Å². The molecule has 0 aliphatic rings. The first-order chi connectivity index (χ1) is 7.60. The minimum atomic E-state index is -0.393. The van der Waals surface area contributed by atoms with Crippen molar-refractivity contribution in [2.24, 2.45) is 0 Å². The zero-order valence-electron chi connectivity index (χ0n) is 9.47. The summed E-state index contributed by atoms with van der Waals surface area (Å²) in [5.74, 6) is 0.341. The molecule has 0 radical (unpaired) electrons. The Morgan fingerprint density at radius 2 is 2.25 bits per heavy atom. The van der Waals surface area contributed by atoms with Gasteiger partial charge in [0, 0.05) is 12.7 Å². The minimum absolute atomic E-state index is 0.393. The average Bonchev–Trinajstić information content (AvgIpc) is 2.28. The quantitative estimate of drug-likeness (QED) is 0.436. The Morgan fingerprint density at radius 3 is 2.75 bits per heavy atom. The summed E-state index contributed by atoms with van der Waals surface area (Å²) in [6.45, 7) is 1.87. The Labute approximate surface area is 93.9 Å². The summed E-state index contributed by atoms with van der Waals surface area (Å²) in [5, 5.41) is 0. The number of carbonyl (C=O) groups is 1. The van der Waals surface area contributed by atoms with E-state index >= 15 is 0 Å². The lowest BCUT2D eigenvalue weighted by molar-refractivity contribution is -0.115. The molecule has 84 valence electrons. The van der Waals surface area contributed by atoms with Crippen molar-refractivity contribution in [3.8, 4) is 5.75 Å². The third-order valence-corrected chi connectivity index (χ3v) is 2.26. The van der Waals surface area contributed by atoms with E-state index in [1.807, 2.05) is 13.0 Å². The van der Waals surface area contributed by atoms with Crippen molar-refractivity contribution in [3.63, 3.8) is 0 Å². The second-order valence-electron chi connectivity index (χ2n) is 3.29. The first-order valence-corrected chi connectivity index (χ1v) is 4.70. The predicted octanol–water partition coefficient (Wildman–Crippen LogP) is 1.27. The summed E-state index contributed by atoms with van der Waals surface area (Å²) >= 11 is 0. The van der Waals surface area contributed by atoms with Crippen LogP contribution in [0.1, 0.15) is 5.56 Å². The molecule has 0 aromatic heterocycles. The van der Waals surface area contributed by atoms with Crippen LogP contribution in [-0.4, -0.2) is 31.1 Å². The minimum Gasteiger partial charge on any atom is -0.497 e. The highest BCUT2D eigenvalue weighted by Gasteiger charge is 2.14. The molecule has 0 aliphatic carbocycles. The number of hydrogen-bond acceptors (Lipinski definition) is 2. The molecule has 5 nitrogen and oxygen atoms in total. The predicted molar refractivity (Wildman–Crippen MR) is 60.8 cm³/mol. The monoisotopic (exact) mass is 219 g/mol. The van der Waals surface area contributed by atoms with Gasteiger partial charge in [0.05, 0.1) is 7.11 Å². The number of aryl methyl sites for hydroxylation is 1. The van der Waals surface area contributed by atoms with E-state index in [2.05, 4.69) is 4.79 Å². The van der Waals surface area contributed by atoms with Crippen LogP contribution in [0.15, 0.2) is 18.2 Å². The van der Waals surface area contributed by atoms with Crippen molar-refractivity contribution in [2.45, 2.75) is 6.92 Å². The van der Waals surface area contributed by atoms with Gasteiger partial charge in [0.25, 0.3) is 0 Å². The normalized spacial score (nSPS) is 9.19. The average molecular weight is 219 g/mol. The Hall–Kier alpha value is -2.13. The second-order valence-corrected chi connectivity index (χ2v) is 3.29. The molecule has 0 spiro atoms. The van der Waals surface area contributed by atoms with Crippen LogP contribution in [0.3, 0.4) is 0 Å². The molecular formula is C11H13N3O2. The summed E-state index contributed by atoms with van der Waals surface area (Å²) in [6.07, 6.45) is 0.851. The third-order valence-electron chi connectivity index (χ3n) is 2.26. The van der Waals surface area contributed by atoms with Crippen molar-refractivity contribution < 1.29 is 14.3 Å². The number of hydrogen-bond donors (Lipinski definition) is 0. The van der Waals surface area contributed by atoms with Gasteiger partial charge in [-0.15, -0.1) is 0 Å². The molecule has 1 rings (SSSR count). The summed E-state index contributed by atoms with van der Waals surface area (Å²) < 4.78 is 5.07. The molecule has 0 unspecified atom stereocenters. The first-order valence-electron chi connectivity index (χ1n) is 4.70. The van der Waals surface area contributed by atoms with Gasteiger partial charge >= 0.3 is 12.1 Å². The van der Waals surface area contributed by atoms with Gasteiger partial charge in [0.15, 0.2) is 0 Å². The van der Waals surface area contributed by atoms with Crippen LogP contribution in [0.5, 0.6) is 5.75 Å². The van der Waals surface area contributed by atoms with Gasteiger partial charge in [-0.05, 0) is 30.7 Å². The Bertz CT molecular complexity index is 451. The van der Waals surface area contributed by atoms with Crippen molar-refractivity contribution in [1.29, 1.82) is 0 Å². The molecule has 0 N–H and O–H groups in total. The largest absolute Gasteiger partial charge is 0.497 e. The van der Waals surface area contributed by atoms with Crippen molar-refractivity contribution >= 4 is 17.8 Å². The molecule has 16 heavy (non-hydrogen) atoms. The molecule has 0 saturated carbocycles. The highest BCUT2D eigenvalue weighted by atomic mass is 16.5. The van der Waals surface area contributed by atoms with E-state index in [4.69, 9.17) is 10.3 Å². The summed E-state index contributed by atoms with van der Waals surface area (Å²) in [7, 11) is 3.19. The summed E-state index contributed by atoms with van der Waals surface area (Å²) in [5.41, 5.74) is 9.93. The van der Waals surface area contributed by atoms with Gasteiger partial charge in [-0.1, -0.05) is 0 Å². The fraction of sp³-hybridized carbons (Fsp3) is 0.273. The van der Waals surface area contributed by atoms with Gasteiger partial charge < -0.3 is 15.2 Å². The molecule has 0 aliphatic heterocycles. The van der Waals surface area contributed by atoms with Gasteiger partial charge in [-0.25, -0.2) is 0 Å². The number of carbonyl (C=O) groups excluding carboxylic acids is 1. The molecule has 0 bridgehead atoms. The number of methoxy groups -OCH3 is 1. The highest BCUT2D eigenvalue weighted by molar-refractivity contribution is 6.30. The number of nitrogens with zero attached hydrogens (tertiary/aromatic N) is 3. The first kappa shape index (κ1) is 11.9. The van der Waals surface area contributed by atoms with E-state index in [1.54, 1.807) is 26.3 Å². The number of amides is 1. The molecular weight excluding hydrogens is 206 g/mol. The van der Waals surface area contributed by atoms with E-state index in [0.29, 0.717) is 0 Å². The standard InChI is InChI=1S/C11H13N3O2/c1-8-6-9(16-3)4-5-10(8)14(2)11(15)7-13-12/h4-7H,1-3H3. The summed E-state index contributed by atoms with van der Waals surface area (Å²) in [6, 6.07) is 5.37. The molecule has 0 fully saturated rings. The van der Waals surface area contributed by atoms with Crippen molar-refractivity contribution in [2.75, 3.05) is 19.1 Å². The number of rotatable bonds is 3. The Balaban J connectivity index is 3.04. The maximum Gasteiger partial charge on any atom is 0.345 e. The molecule has 0 heterocycles. The Kier molecular flexibility index (Phi) is 3.80. The topological polar surface area (TPSA) is 65.9 Å². The van der Waals surface area contributed by atoms with Crippen LogP contribution in [0.4, 0.5) is 5.69 Å². The molecule has 0 saturated heterocycles. The number of anilines is 1. The fourth-order valence-corrected chi connectivity index (χ4v) is 1.39. The smallest absolute Gasteiger partial charge is 0.345 e. The molecule has 1 aromatic rings. The SMILES string of the molecule is COc1ccc(N(C)C(=O)C=[N+]=[N-])c(C)c1. The Morgan fingerprint density at radius 1 is 1.56 bits per heavy atom. The van der Waals surface area contributed by atoms with E-state index in [0.717, 1.165) is 23.2 Å². The lowest BCUT2D eigenvalue weighted by Gasteiger charge is -2.16. The van der Waals surface area contributed by atoms with E-state index in [1.165, 1.54) is 4.90 Å². The lowest BCUT2D eigenvalue weighted by Crippen LogP contribution is -2.28. The second kappa shape index (κ2) is 5.09. The van der Waals surface area contributed by atoms with Crippen LogP contribution < -0.4 is 9.64 Å². The van der Waals surface area contributed by atoms with Crippen LogP contribution in [0, 0.1) is 6.92 Å². The number of ether oxygens (including phenoxy) is 1. The maximum absolute atomic E-state index is 11.4. The molecule has 5 heteroatoms. The van der Waals surface area contributed by atoms with E-state index < -0.39 is 5.91 Å². The van der Waals surface area contributed by atoms with Gasteiger partial charge in [0.2, 0.25) is 0 Å². The van der Waals surface area contributed by atoms with E-state index in [-0.39, 0.29) is 0 Å².